The number of rotatable bonds is 14. The summed E-state index contributed by atoms with van der Waals surface area (Å²) in [6, 6.07) is 8.37. The van der Waals surface area contributed by atoms with Crippen LogP contribution in [0.2, 0.25) is 0 Å². The minimum absolute atomic E-state index is 0.159. The van der Waals surface area contributed by atoms with Crippen LogP contribution in [0.5, 0.6) is 23.0 Å². The predicted octanol–water partition coefficient (Wildman–Crippen LogP) is 0.747. The van der Waals surface area contributed by atoms with Crippen LogP contribution in [0, 0.1) is 0 Å². The average Bonchev–Trinajstić information content (AvgIpc) is 2.95. The van der Waals surface area contributed by atoms with Crippen molar-refractivity contribution < 1.29 is 59.2 Å². The van der Waals surface area contributed by atoms with Crippen LogP contribution in [0.1, 0.15) is 24.0 Å². The number of phenols is 3. The van der Waals surface area contributed by atoms with Crippen LogP contribution < -0.4 is 10.5 Å². The standard InChI is InChI=1S/C29H33NO12/c30-9-10-40-25-8-4-18(12-23(25)35)2-6-20(32)16-42-29(28(38)39)13-24(36)27(37)26(14-29)41-15-19(31)5-1-17-3-7-21(33)22(34)11-17/h1-8,11-12,24,26-27,33-37H,9-10,13-16,30H2,(H,38,39)/t24-,26+,27-,29+/m1/s1. The van der Waals surface area contributed by atoms with Crippen molar-refractivity contribution in [2.24, 2.45) is 5.73 Å². The van der Waals surface area contributed by atoms with Gasteiger partial charge in [0, 0.05) is 19.4 Å². The zero-order chi connectivity index (χ0) is 30.9. The zero-order valence-electron chi connectivity index (χ0n) is 22.5. The Morgan fingerprint density at radius 3 is 2.10 bits per heavy atom. The third kappa shape index (κ3) is 8.61. The van der Waals surface area contributed by atoms with Crippen LogP contribution >= 0.6 is 0 Å². The van der Waals surface area contributed by atoms with Crippen LogP contribution in [0.15, 0.2) is 48.6 Å². The van der Waals surface area contributed by atoms with Gasteiger partial charge in [-0.2, -0.15) is 0 Å². The number of carbonyl (C=O) groups excluding carboxylic acids is 2. The second-order valence-electron chi connectivity index (χ2n) is 9.62. The molecule has 0 heterocycles. The maximum atomic E-state index is 12.5. The Bertz CT molecular complexity index is 1340. The molecule has 1 saturated carbocycles. The highest BCUT2D eigenvalue weighted by Crippen LogP contribution is 2.35. The van der Waals surface area contributed by atoms with Crippen molar-refractivity contribution in [3.05, 3.63) is 59.7 Å². The van der Waals surface area contributed by atoms with Crippen molar-refractivity contribution in [3.63, 3.8) is 0 Å². The van der Waals surface area contributed by atoms with Crippen LogP contribution in [0.4, 0.5) is 0 Å². The van der Waals surface area contributed by atoms with Crippen LogP contribution in [-0.2, 0) is 23.9 Å². The smallest absolute Gasteiger partial charge is 0.336 e. The molecule has 3 rings (SSSR count). The van der Waals surface area contributed by atoms with E-state index in [0.29, 0.717) is 11.1 Å². The first kappa shape index (κ1) is 32.2. The van der Waals surface area contributed by atoms with Crippen LogP contribution in [-0.4, -0.2) is 98.5 Å². The lowest BCUT2D eigenvalue weighted by molar-refractivity contribution is -0.205. The summed E-state index contributed by atoms with van der Waals surface area (Å²) in [6.45, 7) is -0.777. The molecule has 8 N–H and O–H groups in total. The van der Waals surface area contributed by atoms with Gasteiger partial charge in [-0.25, -0.2) is 4.79 Å². The molecule has 0 amide bonds. The van der Waals surface area contributed by atoms with Gasteiger partial charge in [-0.1, -0.05) is 24.3 Å². The number of ether oxygens (including phenoxy) is 3. The van der Waals surface area contributed by atoms with E-state index in [2.05, 4.69) is 0 Å². The van der Waals surface area contributed by atoms with E-state index in [1.807, 2.05) is 0 Å². The highest BCUT2D eigenvalue weighted by atomic mass is 16.5. The largest absolute Gasteiger partial charge is 0.504 e. The minimum atomic E-state index is -2.09. The number of carbonyl (C=O) groups is 3. The quantitative estimate of drug-likeness (QED) is 0.120. The second-order valence-corrected chi connectivity index (χ2v) is 9.62. The predicted molar refractivity (Wildman–Crippen MR) is 148 cm³/mol. The Balaban J connectivity index is 1.60. The van der Waals surface area contributed by atoms with E-state index in [0.717, 1.165) is 12.2 Å². The number of nitrogens with two attached hydrogens (primary N) is 1. The van der Waals surface area contributed by atoms with Crippen molar-refractivity contribution in [1.82, 2.24) is 0 Å². The number of carboxylic acids is 1. The Morgan fingerprint density at radius 1 is 0.881 bits per heavy atom. The molecule has 226 valence electrons. The van der Waals surface area contributed by atoms with Crippen molar-refractivity contribution >= 4 is 29.7 Å². The summed E-state index contributed by atoms with van der Waals surface area (Å²) in [6.07, 6.45) is -0.411. The van der Waals surface area contributed by atoms with Gasteiger partial charge in [0.1, 0.15) is 25.9 Å². The highest BCUT2D eigenvalue weighted by molar-refractivity contribution is 5.95. The fraction of sp³-hybridized carbons (Fsp3) is 0.345. The molecular formula is C29H33NO12. The van der Waals surface area contributed by atoms with Gasteiger partial charge in [-0.3, -0.25) is 9.59 Å². The number of hydrogen-bond donors (Lipinski definition) is 7. The highest BCUT2D eigenvalue weighted by Gasteiger charge is 2.52. The van der Waals surface area contributed by atoms with E-state index in [4.69, 9.17) is 19.9 Å². The molecular weight excluding hydrogens is 554 g/mol. The van der Waals surface area contributed by atoms with Crippen molar-refractivity contribution in [2.45, 2.75) is 36.8 Å². The van der Waals surface area contributed by atoms with E-state index in [9.17, 15) is 45.0 Å². The lowest BCUT2D eigenvalue weighted by atomic mass is 9.79. The fourth-order valence-electron chi connectivity index (χ4n) is 4.19. The summed E-state index contributed by atoms with van der Waals surface area (Å²) in [5.41, 5.74) is 4.15. The third-order valence-electron chi connectivity index (χ3n) is 6.45. The Kier molecular flexibility index (Phi) is 11.2. The molecule has 0 spiro atoms. The minimum Gasteiger partial charge on any atom is -0.504 e. The van der Waals surface area contributed by atoms with E-state index >= 15 is 0 Å². The van der Waals surface area contributed by atoms with Crippen molar-refractivity contribution in [2.75, 3.05) is 26.4 Å². The lowest BCUT2D eigenvalue weighted by Gasteiger charge is -2.42. The summed E-state index contributed by atoms with van der Waals surface area (Å²) in [5.74, 6) is -3.31. The summed E-state index contributed by atoms with van der Waals surface area (Å²) in [5, 5.41) is 59.6. The molecule has 1 fully saturated rings. The van der Waals surface area contributed by atoms with Crippen molar-refractivity contribution in [1.29, 1.82) is 0 Å². The normalized spacial score (nSPS) is 22.4. The molecule has 13 nitrogen and oxygen atoms in total. The summed E-state index contributed by atoms with van der Waals surface area (Å²) >= 11 is 0. The third-order valence-corrected chi connectivity index (χ3v) is 6.45. The molecule has 2 aromatic rings. The average molecular weight is 588 g/mol. The fourth-order valence-corrected chi connectivity index (χ4v) is 4.19. The molecule has 2 aromatic carbocycles. The molecule has 4 atom stereocenters. The van der Waals surface area contributed by atoms with Crippen LogP contribution in [0.3, 0.4) is 0 Å². The summed E-state index contributed by atoms with van der Waals surface area (Å²) in [4.78, 5) is 36.9. The van der Waals surface area contributed by atoms with E-state index in [1.165, 1.54) is 42.5 Å². The Labute approximate surface area is 240 Å². The first-order valence-corrected chi connectivity index (χ1v) is 12.9. The van der Waals surface area contributed by atoms with Gasteiger partial charge in [0.25, 0.3) is 0 Å². The van der Waals surface area contributed by atoms with Gasteiger partial charge in [0.15, 0.2) is 40.2 Å². The first-order chi connectivity index (χ1) is 19.9. The van der Waals surface area contributed by atoms with Crippen LogP contribution in [0.25, 0.3) is 12.2 Å². The molecule has 0 saturated heterocycles. The second kappa shape index (κ2) is 14.6. The zero-order valence-corrected chi connectivity index (χ0v) is 22.5. The van der Waals surface area contributed by atoms with Gasteiger partial charge in [-0.05, 0) is 47.5 Å². The summed E-state index contributed by atoms with van der Waals surface area (Å²) < 4.78 is 16.2. The maximum Gasteiger partial charge on any atom is 0.336 e. The number of carboxylic acid groups (broad SMARTS) is 1. The topological polar surface area (TPSA) is 226 Å². The first-order valence-electron chi connectivity index (χ1n) is 12.9. The molecule has 0 radical (unpaired) electrons. The maximum absolute atomic E-state index is 12.5. The van der Waals surface area contributed by atoms with E-state index in [1.54, 1.807) is 6.07 Å². The number of ketones is 2. The Morgan fingerprint density at radius 2 is 1.50 bits per heavy atom. The van der Waals surface area contributed by atoms with E-state index in [-0.39, 0.29) is 36.1 Å². The number of benzene rings is 2. The van der Waals surface area contributed by atoms with Crippen molar-refractivity contribution in [3.8, 4) is 23.0 Å². The molecule has 1 aliphatic carbocycles. The Hall–Kier alpha value is -4.27. The molecule has 0 aliphatic heterocycles. The number of aliphatic hydroxyl groups excluding tert-OH is 2. The molecule has 0 aromatic heterocycles. The monoisotopic (exact) mass is 587 g/mol. The lowest BCUT2D eigenvalue weighted by Crippen LogP contribution is -2.58. The van der Waals surface area contributed by atoms with Gasteiger partial charge >= 0.3 is 5.97 Å². The van der Waals surface area contributed by atoms with E-state index < -0.39 is 67.5 Å². The number of phenolic OH excluding ortho intramolecular Hbond substituents is 3. The van der Waals surface area contributed by atoms with Gasteiger partial charge in [0.2, 0.25) is 0 Å². The number of aromatic hydroxyl groups is 3. The molecule has 42 heavy (non-hydrogen) atoms. The molecule has 0 bridgehead atoms. The van der Waals surface area contributed by atoms with Gasteiger partial charge in [0.05, 0.1) is 12.2 Å². The number of hydrogen-bond acceptors (Lipinski definition) is 12. The number of aliphatic carboxylic acids is 1. The number of aliphatic hydroxyl groups is 2. The SMILES string of the molecule is NCCOc1ccc(C=CC(=O)CO[C@@]2(C(=O)O)C[C@@H](O)[C@@H](O)[C@@H](OCC(=O)C=Cc3ccc(O)c(O)c3)C2)cc1O. The molecule has 13 heteroatoms. The van der Waals surface area contributed by atoms with Gasteiger partial charge < -0.3 is 50.6 Å². The molecule has 1 aliphatic rings. The van der Waals surface area contributed by atoms with Gasteiger partial charge in [-0.15, -0.1) is 0 Å². The summed E-state index contributed by atoms with van der Waals surface area (Å²) in [7, 11) is 0. The molecule has 0 unspecified atom stereocenters.